The van der Waals surface area contributed by atoms with Crippen molar-refractivity contribution in [2.24, 2.45) is 10.4 Å². The first-order valence-corrected chi connectivity index (χ1v) is 10.6. The van der Waals surface area contributed by atoms with Crippen molar-refractivity contribution < 1.29 is 14.3 Å². The van der Waals surface area contributed by atoms with E-state index in [0.29, 0.717) is 32.2 Å². The fraction of sp³-hybridized carbons (Fsp3) is 0.636. The van der Waals surface area contributed by atoms with Crippen LogP contribution < -0.4 is 25.4 Å². The van der Waals surface area contributed by atoms with Gasteiger partial charge in [-0.2, -0.15) is 0 Å². The van der Waals surface area contributed by atoms with Gasteiger partial charge in [0.05, 0.1) is 18.6 Å². The summed E-state index contributed by atoms with van der Waals surface area (Å²) >= 11 is 0. The molecule has 0 fully saturated rings. The monoisotopic (exact) mass is 404 g/mol. The molecule has 0 aromatic heterocycles. The second-order valence-electron chi connectivity index (χ2n) is 7.93. The van der Waals surface area contributed by atoms with Crippen LogP contribution in [0.25, 0.3) is 0 Å². The number of carbonyl (C=O) groups excluding carboxylic acids is 1. The van der Waals surface area contributed by atoms with Gasteiger partial charge in [-0.3, -0.25) is 4.79 Å². The van der Waals surface area contributed by atoms with Crippen LogP contribution in [0.1, 0.15) is 52.7 Å². The van der Waals surface area contributed by atoms with Crippen molar-refractivity contribution in [3.05, 3.63) is 23.3 Å². The molecule has 0 saturated carbocycles. The molecule has 1 aromatic carbocycles. The Kier molecular flexibility index (Phi) is 8.17. The Morgan fingerprint density at radius 1 is 1.21 bits per heavy atom. The molecule has 1 atom stereocenters. The lowest BCUT2D eigenvalue weighted by molar-refractivity contribution is -0.128. The van der Waals surface area contributed by atoms with Crippen LogP contribution in [0, 0.1) is 5.41 Å². The van der Waals surface area contributed by atoms with Crippen LogP contribution in [-0.4, -0.2) is 44.2 Å². The van der Waals surface area contributed by atoms with E-state index in [-0.39, 0.29) is 12.0 Å². The van der Waals surface area contributed by atoms with E-state index < -0.39 is 5.41 Å². The minimum atomic E-state index is -0.541. The van der Waals surface area contributed by atoms with Gasteiger partial charge in [-0.05, 0) is 53.7 Å². The number of ether oxygens (including phenoxy) is 2. The predicted octanol–water partition coefficient (Wildman–Crippen LogP) is 2.63. The number of amides is 1. The molecular weight excluding hydrogens is 368 g/mol. The van der Waals surface area contributed by atoms with Gasteiger partial charge >= 0.3 is 0 Å². The Morgan fingerprint density at radius 3 is 2.59 bits per heavy atom. The van der Waals surface area contributed by atoms with Gasteiger partial charge in [-0.1, -0.05) is 0 Å². The molecule has 7 heteroatoms. The number of benzene rings is 1. The van der Waals surface area contributed by atoms with Gasteiger partial charge in [0.1, 0.15) is 17.6 Å². The minimum absolute atomic E-state index is 0.0203. The zero-order chi connectivity index (χ0) is 21.4. The van der Waals surface area contributed by atoms with Crippen molar-refractivity contribution in [2.45, 2.75) is 60.6 Å². The van der Waals surface area contributed by atoms with Crippen LogP contribution in [0.4, 0.5) is 0 Å². The summed E-state index contributed by atoms with van der Waals surface area (Å²) in [7, 11) is 0. The Balaban J connectivity index is 2.13. The minimum Gasteiger partial charge on any atom is -0.494 e. The molecule has 1 aliphatic rings. The highest BCUT2D eigenvalue weighted by molar-refractivity contribution is 5.84. The molecule has 0 radical (unpaired) electrons. The summed E-state index contributed by atoms with van der Waals surface area (Å²) in [5.74, 6) is 2.46. The van der Waals surface area contributed by atoms with Crippen LogP contribution in [0.2, 0.25) is 0 Å². The van der Waals surface area contributed by atoms with E-state index in [1.54, 1.807) is 0 Å². The molecule has 1 amide bonds. The maximum Gasteiger partial charge on any atom is 0.227 e. The van der Waals surface area contributed by atoms with Crippen molar-refractivity contribution in [3.8, 4) is 11.5 Å². The molecule has 162 valence electrons. The van der Waals surface area contributed by atoms with Gasteiger partial charge in [0, 0.05) is 37.2 Å². The maximum atomic E-state index is 12.2. The second-order valence-corrected chi connectivity index (χ2v) is 7.93. The molecule has 1 heterocycles. The highest BCUT2D eigenvalue weighted by atomic mass is 16.5. The highest BCUT2D eigenvalue weighted by Gasteiger charge is 2.27. The summed E-state index contributed by atoms with van der Waals surface area (Å²) in [6.07, 6.45) is 1.09. The number of fused-ring (bicyclic) bond motifs is 1. The lowest BCUT2D eigenvalue weighted by Crippen LogP contribution is -2.47. The third kappa shape index (κ3) is 6.27. The zero-order valence-electron chi connectivity index (χ0n) is 18.6. The third-order valence-electron chi connectivity index (χ3n) is 4.78. The van der Waals surface area contributed by atoms with Gasteiger partial charge in [-0.15, -0.1) is 0 Å². The summed E-state index contributed by atoms with van der Waals surface area (Å²) in [5.41, 5.74) is 1.63. The van der Waals surface area contributed by atoms with Crippen LogP contribution in [0.5, 0.6) is 11.5 Å². The van der Waals surface area contributed by atoms with Gasteiger partial charge < -0.3 is 25.4 Å². The summed E-state index contributed by atoms with van der Waals surface area (Å²) in [5, 5.41) is 9.41. The van der Waals surface area contributed by atoms with Crippen LogP contribution >= 0.6 is 0 Å². The molecule has 0 spiro atoms. The largest absolute Gasteiger partial charge is 0.494 e. The van der Waals surface area contributed by atoms with Crippen molar-refractivity contribution in [3.63, 3.8) is 0 Å². The second kappa shape index (κ2) is 10.4. The maximum absolute atomic E-state index is 12.2. The highest BCUT2D eigenvalue weighted by Crippen LogP contribution is 2.35. The van der Waals surface area contributed by atoms with Crippen molar-refractivity contribution >= 4 is 11.9 Å². The number of hydrogen-bond acceptors (Lipinski definition) is 4. The van der Waals surface area contributed by atoms with Crippen molar-refractivity contribution in [1.29, 1.82) is 0 Å². The molecule has 7 nitrogen and oxygen atoms in total. The van der Waals surface area contributed by atoms with Gasteiger partial charge in [0.25, 0.3) is 0 Å². The Bertz CT molecular complexity index is 731. The van der Waals surface area contributed by atoms with Crippen LogP contribution in [-0.2, 0) is 17.8 Å². The molecule has 29 heavy (non-hydrogen) atoms. The first-order valence-electron chi connectivity index (χ1n) is 10.6. The van der Waals surface area contributed by atoms with Gasteiger partial charge in [0.15, 0.2) is 5.96 Å². The first kappa shape index (κ1) is 22.8. The summed E-state index contributed by atoms with van der Waals surface area (Å²) in [4.78, 5) is 16.9. The molecule has 0 aliphatic carbocycles. The van der Waals surface area contributed by atoms with E-state index in [2.05, 4.69) is 28.9 Å². The van der Waals surface area contributed by atoms with Gasteiger partial charge in [-0.25, -0.2) is 4.99 Å². The topological polar surface area (TPSA) is 84.0 Å². The quantitative estimate of drug-likeness (QED) is 0.435. The molecule has 1 aromatic rings. The number of rotatable bonds is 9. The fourth-order valence-corrected chi connectivity index (χ4v) is 3.19. The molecule has 0 saturated heterocycles. The Labute approximate surface area is 174 Å². The smallest absolute Gasteiger partial charge is 0.227 e. The summed E-state index contributed by atoms with van der Waals surface area (Å²) in [6, 6.07) is 4.11. The number of aliphatic imine (C=N–C) groups is 1. The van der Waals surface area contributed by atoms with E-state index >= 15 is 0 Å². The molecule has 0 bridgehead atoms. The number of hydrogen-bond donors (Lipinski definition) is 3. The van der Waals surface area contributed by atoms with E-state index in [1.165, 1.54) is 5.56 Å². The third-order valence-corrected chi connectivity index (χ3v) is 4.78. The Hall–Kier alpha value is -2.44. The normalized spacial score (nSPS) is 16.1. The lowest BCUT2D eigenvalue weighted by Gasteiger charge is -2.25. The van der Waals surface area contributed by atoms with Crippen LogP contribution in [0.15, 0.2) is 17.1 Å². The fourth-order valence-electron chi connectivity index (χ4n) is 3.19. The molecule has 1 aliphatic heterocycles. The first-order chi connectivity index (χ1) is 13.8. The van der Waals surface area contributed by atoms with Crippen molar-refractivity contribution in [2.75, 3.05) is 26.2 Å². The van der Waals surface area contributed by atoms with Crippen molar-refractivity contribution in [1.82, 2.24) is 16.0 Å². The number of guanidine groups is 1. The Morgan fingerprint density at radius 2 is 1.93 bits per heavy atom. The van der Waals surface area contributed by atoms with Gasteiger partial charge in [0.2, 0.25) is 5.91 Å². The van der Waals surface area contributed by atoms with E-state index in [0.717, 1.165) is 30.0 Å². The average molecular weight is 405 g/mol. The number of carbonyl (C=O) groups is 1. The lowest BCUT2D eigenvalue weighted by atomic mass is 9.92. The number of nitrogens with zero attached hydrogens (tertiary/aromatic N) is 1. The van der Waals surface area contributed by atoms with E-state index in [4.69, 9.17) is 14.5 Å². The molecule has 2 rings (SSSR count). The SMILES string of the molecule is CCNC(=O)C(C)(C)CNC(=NCc1cc2c(cc1OCC)CC(C)O2)NCC. The van der Waals surface area contributed by atoms with E-state index in [9.17, 15) is 4.79 Å². The van der Waals surface area contributed by atoms with Crippen LogP contribution in [0.3, 0.4) is 0 Å². The summed E-state index contributed by atoms with van der Waals surface area (Å²) in [6.45, 7) is 14.7. The van der Waals surface area contributed by atoms with E-state index in [1.807, 2.05) is 40.7 Å². The molecule has 3 N–H and O–H groups in total. The predicted molar refractivity (Wildman–Crippen MR) is 117 cm³/mol. The zero-order valence-corrected chi connectivity index (χ0v) is 18.6. The molecule has 1 unspecified atom stereocenters. The number of nitrogens with one attached hydrogen (secondary N) is 3. The molecular formula is C22H36N4O3. The summed E-state index contributed by atoms with van der Waals surface area (Å²) < 4.78 is 11.7. The standard InChI is InChI=1S/C22H36N4O3/c1-7-23-20(27)22(5,6)14-26-21(24-8-2)25-13-17-12-19-16(10-15(4)29-19)11-18(17)28-9-3/h11-12,15H,7-10,13-14H2,1-6H3,(H,23,27)(H2,24,25,26). The average Bonchev–Trinajstić information content (AvgIpc) is 3.03.